The summed E-state index contributed by atoms with van der Waals surface area (Å²) in [5.41, 5.74) is 1.75. The first-order chi connectivity index (χ1) is 9.85. The molecular weight excluding hydrogens is 292 g/mol. The van der Waals surface area contributed by atoms with Gasteiger partial charge in [-0.05, 0) is 24.6 Å². The Bertz CT molecular complexity index is 809. The number of aryl methyl sites for hydroxylation is 1. The molecule has 1 aliphatic heterocycles. The van der Waals surface area contributed by atoms with Crippen LogP contribution in [0.1, 0.15) is 22.7 Å². The molecule has 0 spiro atoms. The van der Waals surface area contributed by atoms with Crippen LogP contribution < -0.4 is 0 Å². The monoisotopic (exact) mass is 308 g/mol. The van der Waals surface area contributed by atoms with Gasteiger partial charge in [-0.2, -0.15) is 0 Å². The van der Waals surface area contributed by atoms with Gasteiger partial charge >= 0.3 is 0 Å². The zero-order chi connectivity index (χ0) is 15.2. The number of hydrogen-bond donors (Lipinski definition) is 0. The maximum absolute atomic E-state index is 12.5. The predicted molar refractivity (Wildman–Crippen MR) is 77.9 cm³/mol. The fourth-order valence-corrected chi connectivity index (χ4v) is 4.40. The summed E-state index contributed by atoms with van der Waals surface area (Å²) in [5, 5.41) is 0. The van der Waals surface area contributed by atoms with Gasteiger partial charge in [0.15, 0.2) is 21.3 Å². The van der Waals surface area contributed by atoms with E-state index in [0.29, 0.717) is 29.0 Å². The number of sulfone groups is 1. The quantitative estimate of drug-likeness (QED) is 0.837. The molecule has 1 unspecified atom stereocenters. The van der Waals surface area contributed by atoms with Crippen molar-refractivity contribution in [3.63, 3.8) is 0 Å². The van der Waals surface area contributed by atoms with E-state index in [9.17, 15) is 13.2 Å². The molecule has 6 nitrogen and oxygen atoms in total. The third kappa shape index (κ3) is 2.65. The van der Waals surface area contributed by atoms with Crippen LogP contribution in [0.15, 0.2) is 22.6 Å². The number of oxazole rings is 1. The van der Waals surface area contributed by atoms with Crippen LogP contribution >= 0.6 is 0 Å². The van der Waals surface area contributed by atoms with Crippen molar-refractivity contribution in [3.05, 3.63) is 29.7 Å². The van der Waals surface area contributed by atoms with E-state index in [0.717, 1.165) is 0 Å². The minimum absolute atomic E-state index is 0.0422. The molecule has 2 aromatic rings. The zero-order valence-corrected chi connectivity index (χ0v) is 12.7. The van der Waals surface area contributed by atoms with Crippen LogP contribution in [0.3, 0.4) is 0 Å². The van der Waals surface area contributed by atoms with Gasteiger partial charge < -0.3 is 9.32 Å². The SMILES string of the molecule is Cc1nc2cc(C(=O)N(C)C3CCS(=O)(=O)C3)ccc2o1. The Morgan fingerprint density at radius 3 is 2.86 bits per heavy atom. The molecule has 112 valence electrons. The van der Waals surface area contributed by atoms with Gasteiger partial charge in [-0.3, -0.25) is 4.79 Å². The van der Waals surface area contributed by atoms with E-state index in [-0.39, 0.29) is 23.5 Å². The molecule has 0 N–H and O–H groups in total. The number of aromatic nitrogens is 1. The third-order valence-electron chi connectivity index (χ3n) is 3.82. The number of fused-ring (bicyclic) bond motifs is 1. The number of nitrogens with zero attached hydrogens (tertiary/aromatic N) is 2. The van der Waals surface area contributed by atoms with Crippen molar-refractivity contribution in [1.29, 1.82) is 0 Å². The van der Waals surface area contributed by atoms with E-state index >= 15 is 0 Å². The highest BCUT2D eigenvalue weighted by Crippen LogP contribution is 2.21. The highest BCUT2D eigenvalue weighted by atomic mass is 32.2. The first kappa shape index (κ1) is 14.1. The van der Waals surface area contributed by atoms with Crippen molar-refractivity contribution in [2.45, 2.75) is 19.4 Å². The van der Waals surface area contributed by atoms with Gasteiger partial charge in [0.25, 0.3) is 5.91 Å². The topological polar surface area (TPSA) is 80.5 Å². The number of rotatable bonds is 2. The average molecular weight is 308 g/mol. The maximum atomic E-state index is 12.5. The molecule has 2 heterocycles. The lowest BCUT2D eigenvalue weighted by atomic mass is 10.1. The summed E-state index contributed by atoms with van der Waals surface area (Å²) in [4.78, 5) is 18.2. The van der Waals surface area contributed by atoms with Crippen LogP contribution in [0.25, 0.3) is 11.1 Å². The molecule has 0 saturated carbocycles. The van der Waals surface area contributed by atoms with Crippen molar-refractivity contribution >= 4 is 26.8 Å². The normalized spacial score (nSPS) is 20.8. The molecule has 1 fully saturated rings. The Morgan fingerprint density at radius 2 is 2.19 bits per heavy atom. The van der Waals surface area contributed by atoms with Crippen LogP contribution in [0.2, 0.25) is 0 Å². The van der Waals surface area contributed by atoms with E-state index in [1.807, 2.05) is 0 Å². The van der Waals surface area contributed by atoms with E-state index < -0.39 is 9.84 Å². The lowest BCUT2D eigenvalue weighted by Crippen LogP contribution is -2.37. The molecule has 21 heavy (non-hydrogen) atoms. The average Bonchev–Trinajstić information content (AvgIpc) is 2.97. The summed E-state index contributed by atoms with van der Waals surface area (Å²) in [6.07, 6.45) is 0.496. The fraction of sp³-hybridized carbons (Fsp3) is 0.429. The van der Waals surface area contributed by atoms with Crippen LogP contribution in [-0.4, -0.2) is 48.8 Å². The van der Waals surface area contributed by atoms with E-state index in [2.05, 4.69) is 4.98 Å². The molecule has 1 amide bonds. The van der Waals surface area contributed by atoms with Gasteiger partial charge in [0.2, 0.25) is 0 Å². The Morgan fingerprint density at radius 1 is 1.43 bits per heavy atom. The molecule has 0 radical (unpaired) electrons. The lowest BCUT2D eigenvalue weighted by molar-refractivity contribution is 0.0748. The number of carbonyl (C=O) groups excluding carboxylic acids is 1. The predicted octanol–water partition coefficient (Wildman–Crippen LogP) is 1.40. The number of carbonyl (C=O) groups is 1. The van der Waals surface area contributed by atoms with Gasteiger partial charge in [-0.1, -0.05) is 0 Å². The Hall–Kier alpha value is -1.89. The molecule has 1 aromatic heterocycles. The number of hydrogen-bond acceptors (Lipinski definition) is 5. The summed E-state index contributed by atoms with van der Waals surface area (Å²) >= 11 is 0. The van der Waals surface area contributed by atoms with Crippen LogP contribution in [0.4, 0.5) is 0 Å². The van der Waals surface area contributed by atoms with Crippen molar-refractivity contribution in [2.24, 2.45) is 0 Å². The smallest absolute Gasteiger partial charge is 0.253 e. The van der Waals surface area contributed by atoms with Gasteiger partial charge in [0.05, 0.1) is 11.5 Å². The van der Waals surface area contributed by atoms with E-state index in [1.54, 1.807) is 32.2 Å². The minimum atomic E-state index is -3.01. The molecule has 7 heteroatoms. The lowest BCUT2D eigenvalue weighted by Gasteiger charge is -2.23. The van der Waals surface area contributed by atoms with E-state index in [4.69, 9.17) is 4.42 Å². The minimum Gasteiger partial charge on any atom is -0.441 e. The van der Waals surface area contributed by atoms with Crippen molar-refractivity contribution < 1.29 is 17.6 Å². The highest BCUT2D eigenvalue weighted by Gasteiger charge is 2.33. The van der Waals surface area contributed by atoms with Crippen molar-refractivity contribution in [1.82, 2.24) is 9.88 Å². The summed E-state index contributed by atoms with van der Waals surface area (Å²) in [6, 6.07) is 4.81. The molecule has 1 aliphatic rings. The van der Waals surface area contributed by atoms with Gasteiger partial charge in [-0.15, -0.1) is 0 Å². The van der Waals surface area contributed by atoms with Crippen LogP contribution in [0, 0.1) is 6.92 Å². The first-order valence-electron chi connectivity index (χ1n) is 6.70. The zero-order valence-electron chi connectivity index (χ0n) is 11.9. The number of amides is 1. The van der Waals surface area contributed by atoms with Crippen molar-refractivity contribution in [2.75, 3.05) is 18.6 Å². The van der Waals surface area contributed by atoms with Gasteiger partial charge in [0.1, 0.15) is 5.52 Å². The highest BCUT2D eigenvalue weighted by molar-refractivity contribution is 7.91. The molecule has 3 rings (SSSR count). The molecule has 0 aliphatic carbocycles. The maximum Gasteiger partial charge on any atom is 0.253 e. The standard InChI is InChI=1S/C14H16N2O4S/c1-9-15-12-7-10(3-4-13(12)20-9)14(17)16(2)11-5-6-21(18,19)8-11/h3-4,7,11H,5-6,8H2,1-2H3. The van der Waals surface area contributed by atoms with Gasteiger partial charge in [-0.25, -0.2) is 13.4 Å². The molecular formula is C14H16N2O4S. The Kier molecular flexibility index (Phi) is 3.24. The second-order valence-electron chi connectivity index (χ2n) is 5.39. The molecule has 1 saturated heterocycles. The molecule has 1 atom stereocenters. The summed E-state index contributed by atoms with van der Waals surface area (Å²) in [6.45, 7) is 1.75. The fourth-order valence-electron chi connectivity index (χ4n) is 2.63. The van der Waals surface area contributed by atoms with Gasteiger partial charge in [0, 0.05) is 25.6 Å². The summed E-state index contributed by atoms with van der Waals surface area (Å²) < 4.78 is 28.4. The summed E-state index contributed by atoms with van der Waals surface area (Å²) in [5.74, 6) is 0.543. The third-order valence-corrected chi connectivity index (χ3v) is 5.57. The van der Waals surface area contributed by atoms with E-state index in [1.165, 1.54) is 4.90 Å². The molecule has 1 aromatic carbocycles. The first-order valence-corrected chi connectivity index (χ1v) is 8.53. The van der Waals surface area contributed by atoms with Crippen LogP contribution in [-0.2, 0) is 9.84 Å². The Labute approximate surface area is 122 Å². The molecule has 0 bridgehead atoms. The second-order valence-corrected chi connectivity index (χ2v) is 7.62. The second kappa shape index (κ2) is 4.84. The Balaban J connectivity index is 1.86. The van der Waals surface area contributed by atoms with Crippen LogP contribution in [0.5, 0.6) is 0 Å². The largest absolute Gasteiger partial charge is 0.441 e. The summed E-state index contributed by atoms with van der Waals surface area (Å²) in [7, 11) is -1.36. The number of benzene rings is 1. The van der Waals surface area contributed by atoms with Crippen molar-refractivity contribution in [3.8, 4) is 0 Å².